The minimum atomic E-state index is -0.259. The first-order valence-corrected chi connectivity index (χ1v) is 11.5. The number of pyridine rings is 1. The molecule has 7 heteroatoms. The second kappa shape index (κ2) is 9.35. The zero-order valence-corrected chi connectivity index (χ0v) is 19.7. The molecule has 1 aliphatic rings. The van der Waals surface area contributed by atoms with Crippen LogP contribution in [0.15, 0.2) is 60.9 Å². The van der Waals surface area contributed by atoms with Gasteiger partial charge in [-0.15, -0.1) is 0 Å². The van der Waals surface area contributed by atoms with E-state index in [1.165, 1.54) is 12.1 Å². The lowest BCUT2D eigenvalue weighted by Crippen LogP contribution is -2.38. The molecule has 1 unspecified atom stereocenters. The molecule has 1 aliphatic heterocycles. The zero-order chi connectivity index (χ0) is 23.7. The molecule has 174 valence electrons. The van der Waals surface area contributed by atoms with Crippen LogP contribution in [0.2, 0.25) is 0 Å². The number of halogens is 1. The molecule has 0 N–H and O–H groups in total. The Balaban J connectivity index is 1.75. The number of hydrogen-bond donors (Lipinski definition) is 0. The van der Waals surface area contributed by atoms with Crippen molar-refractivity contribution >= 4 is 16.7 Å². The van der Waals surface area contributed by atoms with Gasteiger partial charge in [0.2, 0.25) is 0 Å². The van der Waals surface area contributed by atoms with E-state index in [-0.39, 0.29) is 5.82 Å². The predicted octanol–water partition coefficient (Wildman–Crippen LogP) is 5.04. The molecule has 0 spiro atoms. The minimum Gasteiger partial charge on any atom is -0.494 e. The number of hydrogen-bond acceptors (Lipinski definition) is 6. The lowest BCUT2D eigenvalue weighted by atomic mass is 10.0. The van der Waals surface area contributed by atoms with Gasteiger partial charge >= 0.3 is 0 Å². The summed E-state index contributed by atoms with van der Waals surface area (Å²) in [5.41, 5.74) is 3.47. The van der Waals surface area contributed by atoms with Gasteiger partial charge in [-0.05, 0) is 74.5 Å². The van der Waals surface area contributed by atoms with Gasteiger partial charge in [0, 0.05) is 42.5 Å². The van der Waals surface area contributed by atoms with Crippen LogP contribution in [0.25, 0.3) is 33.4 Å². The molecule has 1 fully saturated rings. The van der Waals surface area contributed by atoms with E-state index in [4.69, 9.17) is 14.7 Å². The lowest BCUT2D eigenvalue weighted by Gasteiger charge is -2.29. The van der Waals surface area contributed by atoms with Gasteiger partial charge in [0.05, 0.1) is 7.11 Å². The number of benzene rings is 2. The van der Waals surface area contributed by atoms with E-state index in [1.54, 1.807) is 31.6 Å². The number of aromatic nitrogens is 3. The maximum Gasteiger partial charge on any atom is 0.163 e. The number of anilines is 1. The first kappa shape index (κ1) is 22.2. The molecule has 0 aliphatic carbocycles. The molecule has 0 radical (unpaired) electrons. The maximum absolute atomic E-state index is 13.6. The van der Waals surface area contributed by atoms with E-state index in [0.29, 0.717) is 17.6 Å². The zero-order valence-electron chi connectivity index (χ0n) is 19.7. The van der Waals surface area contributed by atoms with Crippen molar-refractivity contribution in [1.29, 1.82) is 0 Å². The number of fused-ring (bicyclic) bond motifs is 1. The topological polar surface area (TPSA) is 54.4 Å². The van der Waals surface area contributed by atoms with Gasteiger partial charge in [-0.1, -0.05) is 12.1 Å². The first-order chi connectivity index (χ1) is 16.5. The van der Waals surface area contributed by atoms with Gasteiger partial charge in [0.15, 0.2) is 5.82 Å². The van der Waals surface area contributed by atoms with Gasteiger partial charge in [-0.3, -0.25) is 4.98 Å². The largest absolute Gasteiger partial charge is 0.494 e. The standard InChI is InChI=1S/C27H28FN5O/c1-32(2)17-22-7-5-13-33(22)27-23-14-20(18-8-10-21(28)11-9-18)15-24(34-3)25(23)30-26(31-27)19-6-4-12-29-16-19/h4,6,8-12,14-16,22H,5,7,13,17H2,1-3H3. The molecule has 4 aromatic rings. The van der Waals surface area contributed by atoms with E-state index < -0.39 is 0 Å². The quantitative estimate of drug-likeness (QED) is 0.405. The molecule has 3 heterocycles. The molecule has 0 bridgehead atoms. The van der Waals surface area contributed by atoms with Crippen LogP contribution < -0.4 is 9.64 Å². The fourth-order valence-electron chi connectivity index (χ4n) is 4.72. The molecular formula is C27H28FN5O. The Bertz CT molecular complexity index is 1290. The Morgan fingerprint density at radius 1 is 1.06 bits per heavy atom. The van der Waals surface area contributed by atoms with E-state index in [1.807, 2.05) is 18.2 Å². The normalized spacial score (nSPS) is 15.9. The van der Waals surface area contributed by atoms with Crippen LogP contribution in [-0.4, -0.2) is 60.2 Å². The van der Waals surface area contributed by atoms with Gasteiger partial charge < -0.3 is 14.5 Å². The smallest absolute Gasteiger partial charge is 0.163 e. The second-order valence-corrected chi connectivity index (χ2v) is 8.95. The SMILES string of the molecule is COc1cc(-c2ccc(F)cc2)cc2c(N3CCCC3CN(C)C)nc(-c3cccnc3)nc12. The van der Waals surface area contributed by atoms with E-state index >= 15 is 0 Å². The van der Waals surface area contributed by atoms with Crippen molar-refractivity contribution in [3.05, 3.63) is 66.7 Å². The van der Waals surface area contributed by atoms with Crippen molar-refractivity contribution in [2.24, 2.45) is 0 Å². The molecule has 1 atom stereocenters. The molecule has 34 heavy (non-hydrogen) atoms. The molecule has 0 amide bonds. The third kappa shape index (κ3) is 4.31. The monoisotopic (exact) mass is 457 g/mol. The van der Waals surface area contributed by atoms with Crippen molar-refractivity contribution in [2.45, 2.75) is 18.9 Å². The molecule has 5 rings (SSSR count). The summed E-state index contributed by atoms with van der Waals surface area (Å²) in [5.74, 6) is 1.92. The molecule has 2 aromatic carbocycles. The Hall–Kier alpha value is -3.58. The molecule has 6 nitrogen and oxygen atoms in total. The van der Waals surface area contributed by atoms with Crippen LogP contribution in [0.5, 0.6) is 5.75 Å². The van der Waals surface area contributed by atoms with Gasteiger partial charge in [0.25, 0.3) is 0 Å². The highest BCUT2D eigenvalue weighted by molar-refractivity contribution is 5.98. The number of likely N-dealkylation sites (N-methyl/N-ethyl adjacent to an activating group) is 1. The summed E-state index contributed by atoms with van der Waals surface area (Å²) in [5, 5.41) is 0.928. The highest BCUT2D eigenvalue weighted by Crippen LogP contribution is 2.39. The maximum atomic E-state index is 13.6. The van der Waals surface area contributed by atoms with E-state index in [9.17, 15) is 4.39 Å². The molecule has 0 saturated carbocycles. The van der Waals surface area contributed by atoms with Crippen LogP contribution in [0.1, 0.15) is 12.8 Å². The Kier molecular flexibility index (Phi) is 6.11. The van der Waals surface area contributed by atoms with Crippen LogP contribution >= 0.6 is 0 Å². The fourth-order valence-corrected chi connectivity index (χ4v) is 4.72. The van der Waals surface area contributed by atoms with Crippen LogP contribution in [0.3, 0.4) is 0 Å². The number of rotatable bonds is 6. The Morgan fingerprint density at radius 3 is 2.59 bits per heavy atom. The number of nitrogens with zero attached hydrogens (tertiary/aromatic N) is 5. The Labute approximate surface area is 199 Å². The lowest BCUT2D eigenvalue weighted by molar-refractivity contribution is 0.371. The summed E-state index contributed by atoms with van der Waals surface area (Å²) in [6, 6.07) is 14.8. The van der Waals surface area contributed by atoms with Crippen LogP contribution in [-0.2, 0) is 0 Å². The summed E-state index contributed by atoms with van der Waals surface area (Å²) >= 11 is 0. The van der Waals surface area contributed by atoms with Crippen LogP contribution in [0, 0.1) is 5.82 Å². The third-order valence-electron chi connectivity index (χ3n) is 6.29. The van der Waals surface area contributed by atoms with Crippen LogP contribution in [0.4, 0.5) is 10.2 Å². The highest BCUT2D eigenvalue weighted by atomic mass is 19.1. The molecule has 2 aromatic heterocycles. The predicted molar refractivity (Wildman–Crippen MR) is 134 cm³/mol. The van der Waals surface area contributed by atoms with Gasteiger partial charge in [-0.25, -0.2) is 14.4 Å². The van der Waals surface area contributed by atoms with Gasteiger partial charge in [0.1, 0.15) is 22.9 Å². The molecular weight excluding hydrogens is 429 g/mol. The van der Waals surface area contributed by atoms with E-state index in [0.717, 1.165) is 59.3 Å². The summed E-state index contributed by atoms with van der Waals surface area (Å²) in [6.45, 7) is 1.88. The molecule has 1 saturated heterocycles. The average molecular weight is 458 g/mol. The second-order valence-electron chi connectivity index (χ2n) is 8.95. The number of methoxy groups -OCH3 is 1. The summed E-state index contributed by atoms with van der Waals surface area (Å²) in [6.07, 6.45) is 5.75. The van der Waals surface area contributed by atoms with Crippen molar-refractivity contribution in [3.63, 3.8) is 0 Å². The summed E-state index contributed by atoms with van der Waals surface area (Å²) < 4.78 is 19.4. The summed E-state index contributed by atoms with van der Waals surface area (Å²) in [4.78, 5) is 18.9. The fraction of sp³-hybridized carbons (Fsp3) is 0.296. The van der Waals surface area contributed by atoms with Gasteiger partial charge in [-0.2, -0.15) is 0 Å². The third-order valence-corrected chi connectivity index (χ3v) is 6.29. The first-order valence-electron chi connectivity index (χ1n) is 11.5. The minimum absolute atomic E-state index is 0.259. The van der Waals surface area contributed by atoms with Crippen molar-refractivity contribution < 1.29 is 9.13 Å². The average Bonchev–Trinajstić information content (AvgIpc) is 3.30. The van der Waals surface area contributed by atoms with Crippen molar-refractivity contribution in [2.75, 3.05) is 39.2 Å². The van der Waals surface area contributed by atoms with Crippen molar-refractivity contribution in [1.82, 2.24) is 19.9 Å². The highest BCUT2D eigenvalue weighted by Gasteiger charge is 2.29. The van der Waals surface area contributed by atoms with E-state index in [2.05, 4.69) is 34.9 Å². The Morgan fingerprint density at radius 2 is 1.88 bits per heavy atom. The number of ether oxygens (including phenoxy) is 1. The summed E-state index contributed by atoms with van der Waals surface area (Å²) in [7, 11) is 5.86. The van der Waals surface area contributed by atoms with Crippen molar-refractivity contribution in [3.8, 4) is 28.3 Å².